The Morgan fingerprint density at radius 3 is 2.40 bits per heavy atom. The highest BCUT2D eigenvalue weighted by atomic mass is 35.5. The number of fused-ring (bicyclic) bond motifs is 1. The van der Waals surface area contributed by atoms with E-state index in [4.69, 9.17) is 38.0 Å². The molecule has 4 aromatic rings. The molecule has 6 rings (SSSR count). The Labute approximate surface area is 271 Å². The Kier molecular flexibility index (Phi) is 11.1. The summed E-state index contributed by atoms with van der Waals surface area (Å²) in [7, 11) is 0. The van der Waals surface area contributed by atoms with E-state index in [1.54, 1.807) is 24.7 Å². The lowest BCUT2D eigenvalue weighted by molar-refractivity contribution is -0.138. The van der Waals surface area contributed by atoms with Crippen molar-refractivity contribution in [1.82, 2.24) is 29.5 Å². The maximum absolute atomic E-state index is 11.1. The first-order chi connectivity index (χ1) is 19.9. The SMILES string of the molecule is Cl.Cl.O=C(O)CC1CCN(Cc2cc(Oc3cnc(N4CCCc5nccn54)nc3)nc(-c3cc(Cl)cc(Cl)c3)c2)CC1. The van der Waals surface area contributed by atoms with Crippen LogP contribution in [0, 0.1) is 5.92 Å². The van der Waals surface area contributed by atoms with Crippen LogP contribution in [-0.4, -0.2) is 60.2 Å². The van der Waals surface area contributed by atoms with Crippen LogP contribution in [0.1, 0.15) is 37.1 Å². The first-order valence-electron chi connectivity index (χ1n) is 13.6. The highest BCUT2D eigenvalue weighted by Crippen LogP contribution is 2.31. The number of pyridine rings is 1. The molecule has 1 fully saturated rings. The summed E-state index contributed by atoms with van der Waals surface area (Å²) in [5.74, 6) is 1.91. The Morgan fingerprint density at radius 2 is 1.70 bits per heavy atom. The van der Waals surface area contributed by atoms with Gasteiger partial charge in [-0.15, -0.1) is 24.8 Å². The fraction of sp³-hybridized carbons (Fsp3) is 0.345. The molecule has 0 atom stereocenters. The lowest BCUT2D eigenvalue weighted by Crippen LogP contribution is -2.36. The van der Waals surface area contributed by atoms with Gasteiger partial charge in [-0.1, -0.05) is 23.2 Å². The number of benzene rings is 1. The van der Waals surface area contributed by atoms with E-state index < -0.39 is 5.97 Å². The van der Waals surface area contributed by atoms with Crippen LogP contribution in [0.25, 0.3) is 11.3 Å². The number of piperidine rings is 1. The summed E-state index contributed by atoms with van der Waals surface area (Å²) < 4.78 is 8.15. The first kappa shape index (κ1) is 32.8. The third-order valence-electron chi connectivity index (χ3n) is 7.39. The van der Waals surface area contributed by atoms with Crippen molar-refractivity contribution >= 4 is 59.9 Å². The average molecular weight is 667 g/mol. The van der Waals surface area contributed by atoms with E-state index in [9.17, 15) is 4.79 Å². The number of aryl methyl sites for hydroxylation is 1. The molecule has 0 saturated carbocycles. The molecule has 1 aromatic carbocycles. The van der Waals surface area contributed by atoms with Gasteiger partial charge in [-0.25, -0.2) is 29.6 Å². The molecule has 0 amide bonds. The molecule has 2 aliphatic rings. The first-order valence-corrected chi connectivity index (χ1v) is 14.4. The van der Waals surface area contributed by atoms with Gasteiger partial charge in [0.25, 0.3) is 0 Å². The molecule has 0 unspecified atom stereocenters. The molecule has 3 aromatic heterocycles. The van der Waals surface area contributed by atoms with Gasteiger partial charge in [-0.05, 0) is 68.1 Å². The standard InChI is InChI=1S/C29H29Cl2N7O3.2ClH/c30-22-13-21(14-23(31)15-22)25-10-20(18-36-7-3-19(4-8-36)12-28(39)40)11-27(35-25)41-24-16-33-29(34-17-24)38-6-1-2-26-32-5-9-37(26)38;;/h5,9-11,13-17,19H,1-4,6-8,12,18H2,(H,39,40);2*1H. The van der Waals surface area contributed by atoms with E-state index in [1.165, 1.54) is 0 Å². The molecule has 0 radical (unpaired) electrons. The van der Waals surface area contributed by atoms with Crippen molar-refractivity contribution in [3.8, 4) is 22.9 Å². The van der Waals surface area contributed by atoms with Crippen molar-refractivity contribution in [2.24, 2.45) is 5.92 Å². The second-order valence-electron chi connectivity index (χ2n) is 10.4. The van der Waals surface area contributed by atoms with Gasteiger partial charge in [0.1, 0.15) is 5.82 Å². The predicted molar refractivity (Wildman–Crippen MR) is 170 cm³/mol. The predicted octanol–water partition coefficient (Wildman–Crippen LogP) is 6.58. The molecule has 14 heteroatoms. The molecule has 10 nitrogen and oxygen atoms in total. The minimum absolute atomic E-state index is 0. The van der Waals surface area contributed by atoms with Crippen LogP contribution in [0.4, 0.5) is 5.95 Å². The van der Waals surface area contributed by atoms with Crippen molar-refractivity contribution in [3.05, 3.63) is 76.6 Å². The van der Waals surface area contributed by atoms with E-state index in [0.29, 0.717) is 39.9 Å². The van der Waals surface area contributed by atoms with Gasteiger partial charge in [0.15, 0.2) is 5.75 Å². The van der Waals surface area contributed by atoms with Gasteiger partial charge in [0, 0.05) is 60.0 Å². The number of hydrogen-bond acceptors (Lipinski definition) is 8. The van der Waals surface area contributed by atoms with E-state index in [2.05, 4.69) is 19.9 Å². The largest absolute Gasteiger partial charge is 0.481 e. The van der Waals surface area contributed by atoms with E-state index in [1.807, 2.05) is 40.1 Å². The number of aliphatic carboxylic acids is 1. The third kappa shape index (κ3) is 8.07. The number of carboxylic acid groups (broad SMARTS) is 1. The number of hydrogen-bond donors (Lipinski definition) is 1. The van der Waals surface area contributed by atoms with Crippen molar-refractivity contribution < 1.29 is 14.6 Å². The number of imidazole rings is 1. The molecule has 2 aliphatic heterocycles. The summed E-state index contributed by atoms with van der Waals surface area (Å²) in [4.78, 5) is 31.7. The van der Waals surface area contributed by atoms with Crippen LogP contribution in [-0.2, 0) is 17.8 Å². The number of anilines is 1. The summed E-state index contributed by atoms with van der Waals surface area (Å²) in [6, 6.07) is 9.25. The number of halogens is 4. The zero-order chi connectivity index (χ0) is 28.3. The monoisotopic (exact) mass is 665 g/mol. The van der Waals surface area contributed by atoms with Crippen molar-refractivity contribution in [2.75, 3.05) is 24.6 Å². The van der Waals surface area contributed by atoms with Gasteiger partial charge in [-0.2, -0.15) is 0 Å². The van der Waals surface area contributed by atoms with Crippen LogP contribution in [0.5, 0.6) is 11.6 Å². The topological polar surface area (TPSA) is 110 Å². The number of carbonyl (C=O) groups is 1. The normalized spacial score (nSPS) is 15.3. The fourth-order valence-corrected chi connectivity index (χ4v) is 5.97. The molecular formula is C29H31Cl4N7O3. The Balaban J connectivity index is 0.00000212. The molecule has 1 N–H and O–H groups in total. The summed E-state index contributed by atoms with van der Waals surface area (Å²) in [5.41, 5.74) is 2.47. The minimum Gasteiger partial charge on any atom is -0.481 e. The Bertz CT molecular complexity index is 1530. The summed E-state index contributed by atoms with van der Waals surface area (Å²) in [5, 5.41) is 12.2. The maximum atomic E-state index is 11.1. The van der Waals surface area contributed by atoms with Crippen LogP contribution in [0.15, 0.2) is 55.1 Å². The second-order valence-corrected chi connectivity index (χ2v) is 11.3. The number of likely N-dealkylation sites (tertiary alicyclic amines) is 1. The molecular weight excluding hydrogens is 636 g/mol. The van der Waals surface area contributed by atoms with E-state index in [-0.39, 0.29) is 37.2 Å². The fourth-order valence-electron chi connectivity index (χ4n) is 5.44. The van der Waals surface area contributed by atoms with Gasteiger partial charge in [0.2, 0.25) is 11.8 Å². The molecule has 0 aliphatic carbocycles. The van der Waals surface area contributed by atoms with E-state index >= 15 is 0 Å². The summed E-state index contributed by atoms with van der Waals surface area (Å²) in [6.07, 6.45) is 10.8. The maximum Gasteiger partial charge on any atom is 0.303 e. The van der Waals surface area contributed by atoms with Gasteiger partial charge >= 0.3 is 5.97 Å². The number of aromatic nitrogens is 5. The van der Waals surface area contributed by atoms with Crippen LogP contribution in [0.2, 0.25) is 10.0 Å². The smallest absolute Gasteiger partial charge is 0.303 e. The minimum atomic E-state index is -0.733. The lowest BCUT2D eigenvalue weighted by Gasteiger charge is -2.31. The quantitative estimate of drug-likeness (QED) is 0.223. The molecule has 1 saturated heterocycles. The zero-order valence-corrected chi connectivity index (χ0v) is 26.2. The van der Waals surface area contributed by atoms with Crippen LogP contribution >= 0.6 is 48.0 Å². The van der Waals surface area contributed by atoms with Gasteiger partial charge < -0.3 is 9.84 Å². The third-order valence-corrected chi connectivity index (χ3v) is 7.83. The Hall–Kier alpha value is -3.15. The van der Waals surface area contributed by atoms with Crippen molar-refractivity contribution in [2.45, 2.75) is 38.6 Å². The van der Waals surface area contributed by atoms with Gasteiger partial charge in [0.05, 0.1) is 18.1 Å². The Morgan fingerprint density at radius 1 is 0.977 bits per heavy atom. The molecule has 0 spiro atoms. The highest BCUT2D eigenvalue weighted by molar-refractivity contribution is 6.35. The number of nitrogens with zero attached hydrogens (tertiary/aromatic N) is 7. The van der Waals surface area contributed by atoms with Crippen LogP contribution in [0.3, 0.4) is 0 Å². The number of ether oxygens (including phenoxy) is 1. The second kappa shape index (κ2) is 14.5. The molecule has 0 bridgehead atoms. The zero-order valence-electron chi connectivity index (χ0n) is 23.1. The summed E-state index contributed by atoms with van der Waals surface area (Å²) >= 11 is 12.6. The van der Waals surface area contributed by atoms with Crippen molar-refractivity contribution in [3.63, 3.8) is 0 Å². The highest BCUT2D eigenvalue weighted by Gasteiger charge is 2.23. The number of rotatable bonds is 8. The average Bonchev–Trinajstić information content (AvgIpc) is 3.43. The van der Waals surface area contributed by atoms with E-state index in [0.717, 1.165) is 62.3 Å². The molecule has 228 valence electrons. The van der Waals surface area contributed by atoms with Gasteiger partial charge in [-0.3, -0.25) is 9.69 Å². The van der Waals surface area contributed by atoms with Crippen molar-refractivity contribution in [1.29, 1.82) is 0 Å². The molecule has 43 heavy (non-hydrogen) atoms. The van der Waals surface area contributed by atoms with Crippen LogP contribution < -0.4 is 9.75 Å². The summed E-state index contributed by atoms with van der Waals surface area (Å²) in [6.45, 7) is 3.14. The lowest BCUT2D eigenvalue weighted by atomic mass is 9.93. The number of carboxylic acids is 1. The molecule has 5 heterocycles.